The number of hydrogen-bond acceptors (Lipinski definition) is 3. The van der Waals surface area contributed by atoms with E-state index in [-0.39, 0.29) is 10.7 Å². The lowest BCUT2D eigenvalue weighted by Gasteiger charge is -2.09. The minimum Gasteiger partial charge on any atom is -0.223 e. The molecule has 0 aliphatic rings. The number of hydrogen-bond donors (Lipinski definition) is 1. The predicted molar refractivity (Wildman–Crippen MR) is 50.3 cm³/mol. The number of sulfonamides is 1. The summed E-state index contributed by atoms with van der Waals surface area (Å²) in [6.45, 7) is 1.31. The zero-order valence-electron chi connectivity index (χ0n) is 7.54. The first kappa shape index (κ1) is 12.3. The molecule has 1 aromatic rings. The van der Waals surface area contributed by atoms with Gasteiger partial charge in [0.1, 0.15) is 5.15 Å². The molecule has 1 rings (SSSR count). The van der Waals surface area contributed by atoms with Crippen molar-refractivity contribution >= 4 is 21.6 Å². The summed E-state index contributed by atoms with van der Waals surface area (Å²) < 4.78 is 47.1. The molecule has 0 aromatic carbocycles. The van der Waals surface area contributed by atoms with Crippen molar-refractivity contribution in [2.45, 2.75) is 18.4 Å². The van der Waals surface area contributed by atoms with E-state index in [2.05, 4.69) is 4.98 Å². The Labute approximate surface area is 90.1 Å². The Balaban J connectivity index is 3.62. The van der Waals surface area contributed by atoms with Gasteiger partial charge in [-0.2, -0.15) is 0 Å². The minimum absolute atomic E-state index is 0.0361. The van der Waals surface area contributed by atoms with Gasteiger partial charge in [-0.3, -0.25) is 0 Å². The predicted octanol–water partition coefficient (Wildman–Crippen LogP) is 1.63. The molecule has 0 spiro atoms. The highest BCUT2D eigenvalue weighted by atomic mass is 35.5. The molecule has 0 radical (unpaired) electrons. The summed E-state index contributed by atoms with van der Waals surface area (Å²) in [5.74, 6) is 0. The molecule has 1 aromatic heterocycles. The van der Waals surface area contributed by atoms with Gasteiger partial charge >= 0.3 is 0 Å². The molecule has 0 amide bonds. The van der Waals surface area contributed by atoms with Crippen LogP contribution in [-0.4, -0.2) is 13.4 Å². The molecule has 0 aliphatic heterocycles. The maximum atomic E-state index is 12.5. The normalized spacial score (nSPS) is 12.1. The maximum Gasteiger partial charge on any atom is 0.266 e. The van der Waals surface area contributed by atoms with E-state index in [4.69, 9.17) is 16.7 Å². The molecule has 0 unspecified atom stereocenters. The molecule has 0 saturated heterocycles. The van der Waals surface area contributed by atoms with Crippen molar-refractivity contribution in [2.75, 3.05) is 0 Å². The largest absolute Gasteiger partial charge is 0.266 e. The van der Waals surface area contributed by atoms with Gasteiger partial charge in [0.25, 0.3) is 16.4 Å². The number of nitrogens with two attached hydrogens (primary N) is 1. The summed E-state index contributed by atoms with van der Waals surface area (Å²) in [6, 6.07) is 1.15. The van der Waals surface area contributed by atoms with Crippen molar-refractivity contribution in [1.82, 2.24) is 4.98 Å². The number of aromatic nitrogens is 1. The van der Waals surface area contributed by atoms with Crippen LogP contribution in [0.3, 0.4) is 0 Å². The summed E-state index contributed by atoms with van der Waals surface area (Å²) in [6.07, 6.45) is -2.97. The van der Waals surface area contributed by atoms with Crippen molar-refractivity contribution in [3.05, 3.63) is 22.3 Å². The zero-order valence-corrected chi connectivity index (χ0v) is 9.11. The van der Waals surface area contributed by atoms with Gasteiger partial charge in [-0.15, -0.1) is 0 Å². The highest BCUT2D eigenvalue weighted by molar-refractivity contribution is 7.89. The van der Waals surface area contributed by atoms with Gasteiger partial charge in [-0.05, 0) is 18.6 Å². The number of primary sulfonamides is 1. The SMILES string of the molecule is Cc1cc(Cl)nc(S(N)(=O)=O)c1C(F)F. The Hall–Kier alpha value is -0.790. The fourth-order valence-corrected chi connectivity index (χ4v) is 2.18. The first-order valence-corrected chi connectivity index (χ1v) is 5.64. The number of halogens is 3. The highest BCUT2D eigenvalue weighted by Gasteiger charge is 2.25. The van der Waals surface area contributed by atoms with Crippen LogP contribution in [0.4, 0.5) is 8.78 Å². The van der Waals surface area contributed by atoms with E-state index in [0.29, 0.717) is 0 Å². The van der Waals surface area contributed by atoms with E-state index in [9.17, 15) is 17.2 Å². The average molecular weight is 257 g/mol. The van der Waals surface area contributed by atoms with Crippen LogP contribution in [0.2, 0.25) is 5.15 Å². The van der Waals surface area contributed by atoms with Crippen LogP contribution in [-0.2, 0) is 10.0 Å². The second kappa shape index (κ2) is 3.99. The lowest BCUT2D eigenvalue weighted by atomic mass is 10.2. The number of pyridine rings is 1. The van der Waals surface area contributed by atoms with Crippen molar-refractivity contribution in [3.8, 4) is 0 Å². The number of aryl methyl sites for hydroxylation is 1. The van der Waals surface area contributed by atoms with Crippen LogP contribution in [0.15, 0.2) is 11.1 Å². The number of nitrogens with zero attached hydrogens (tertiary/aromatic N) is 1. The first-order valence-electron chi connectivity index (χ1n) is 3.71. The standard InChI is InChI=1S/C7H7ClF2N2O2S/c1-3-2-4(8)12-7(15(11,13)14)5(3)6(9)10/h2,6H,1H3,(H2,11,13,14). The molecule has 1 heterocycles. The molecular formula is C7H7ClF2N2O2S. The molecule has 15 heavy (non-hydrogen) atoms. The quantitative estimate of drug-likeness (QED) is 0.818. The van der Waals surface area contributed by atoms with Crippen LogP contribution in [0.1, 0.15) is 17.6 Å². The molecule has 0 bridgehead atoms. The average Bonchev–Trinajstić information content (AvgIpc) is 1.99. The summed E-state index contributed by atoms with van der Waals surface area (Å²) in [5.41, 5.74) is -0.670. The van der Waals surface area contributed by atoms with Crippen molar-refractivity contribution in [1.29, 1.82) is 0 Å². The van der Waals surface area contributed by atoms with Crippen molar-refractivity contribution in [3.63, 3.8) is 0 Å². The van der Waals surface area contributed by atoms with Gasteiger partial charge in [0, 0.05) is 0 Å². The maximum absolute atomic E-state index is 12.5. The van der Waals surface area contributed by atoms with Gasteiger partial charge < -0.3 is 0 Å². The highest BCUT2D eigenvalue weighted by Crippen LogP contribution is 2.29. The van der Waals surface area contributed by atoms with E-state index >= 15 is 0 Å². The lowest BCUT2D eigenvalue weighted by Crippen LogP contribution is -2.17. The Kier molecular flexibility index (Phi) is 3.27. The topological polar surface area (TPSA) is 73.0 Å². The molecule has 2 N–H and O–H groups in total. The fraction of sp³-hybridized carbons (Fsp3) is 0.286. The third kappa shape index (κ3) is 2.61. The van der Waals surface area contributed by atoms with Gasteiger partial charge in [-0.1, -0.05) is 11.6 Å². The fourth-order valence-electron chi connectivity index (χ4n) is 1.10. The smallest absolute Gasteiger partial charge is 0.223 e. The Morgan fingerprint density at radius 2 is 2.07 bits per heavy atom. The molecule has 8 heteroatoms. The second-order valence-electron chi connectivity index (χ2n) is 2.83. The lowest BCUT2D eigenvalue weighted by molar-refractivity contribution is 0.146. The van der Waals surface area contributed by atoms with Gasteiger partial charge in [0.05, 0.1) is 5.56 Å². The summed E-state index contributed by atoms with van der Waals surface area (Å²) in [4.78, 5) is 3.30. The monoisotopic (exact) mass is 256 g/mol. The van der Waals surface area contributed by atoms with Gasteiger partial charge in [-0.25, -0.2) is 27.3 Å². The van der Waals surface area contributed by atoms with E-state index in [1.165, 1.54) is 6.92 Å². The third-order valence-electron chi connectivity index (χ3n) is 1.69. The Morgan fingerprint density at radius 3 is 2.47 bits per heavy atom. The van der Waals surface area contributed by atoms with E-state index in [1.807, 2.05) is 0 Å². The van der Waals surface area contributed by atoms with E-state index < -0.39 is 27.0 Å². The molecule has 84 valence electrons. The zero-order chi connectivity index (χ0) is 11.8. The number of rotatable bonds is 2. The minimum atomic E-state index is -4.30. The summed E-state index contributed by atoms with van der Waals surface area (Å²) >= 11 is 5.46. The molecule has 0 fully saturated rings. The second-order valence-corrected chi connectivity index (χ2v) is 4.69. The Morgan fingerprint density at radius 1 is 1.53 bits per heavy atom. The molecule has 4 nitrogen and oxygen atoms in total. The van der Waals surface area contributed by atoms with Crippen LogP contribution in [0.5, 0.6) is 0 Å². The summed E-state index contributed by atoms with van der Waals surface area (Å²) in [5, 5.41) is 3.68. The molecule has 0 atom stereocenters. The molecule has 0 aliphatic carbocycles. The van der Waals surface area contributed by atoms with E-state index in [1.54, 1.807) is 0 Å². The van der Waals surface area contributed by atoms with Crippen molar-refractivity contribution < 1.29 is 17.2 Å². The third-order valence-corrected chi connectivity index (χ3v) is 2.73. The van der Waals surface area contributed by atoms with E-state index in [0.717, 1.165) is 6.07 Å². The van der Waals surface area contributed by atoms with Gasteiger partial charge in [0.15, 0.2) is 5.03 Å². The van der Waals surface area contributed by atoms with Gasteiger partial charge in [0.2, 0.25) is 0 Å². The molecular weight excluding hydrogens is 250 g/mol. The van der Waals surface area contributed by atoms with Crippen LogP contribution >= 0.6 is 11.6 Å². The van der Waals surface area contributed by atoms with Crippen LogP contribution in [0.25, 0.3) is 0 Å². The van der Waals surface area contributed by atoms with Crippen molar-refractivity contribution in [2.24, 2.45) is 5.14 Å². The number of alkyl halides is 2. The summed E-state index contributed by atoms with van der Waals surface area (Å²) in [7, 11) is -4.30. The first-order chi connectivity index (χ1) is 6.73. The van der Waals surface area contributed by atoms with Crippen LogP contribution < -0.4 is 5.14 Å². The Bertz CT molecular complexity index is 490. The van der Waals surface area contributed by atoms with Crippen LogP contribution in [0, 0.1) is 6.92 Å². The molecule has 0 saturated carbocycles.